The Kier molecular flexibility index (Phi) is 5.48. The van der Waals surface area contributed by atoms with Gasteiger partial charge >= 0.3 is 12.6 Å². The quantitative estimate of drug-likeness (QED) is 0.656. The van der Waals surface area contributed by atoms with Crippen molar-refractivity contribution >= 4 is 5.97 Å². The van der Waals surface area contributed by atoms with E-state index in [4.69, 9.17) is 18.9 Å². The van der Waals surface area contributed by atoms with Crippen molar-refractivity contribution in [1.82, 2.24) is 0 Å². The predicted octanol–water partition coefficient (Wildman–Crippen LogP) is 4.67. The fourth-order valence-electron chi connectivity index (χ4n) is 2.83. The number of alkyl halides is 2. The summed E-state index contributed by atoms with van der Waals surface area (Å²) in [6.07, 6.45) is 0. The number of ether oxygens (including phenoxy) is 4. The Morgan fingerprint density at radius 3 is 2.52 bits per heavy atom. The number of carbonyl (C=O) groups excluding carboxylic acids is 1. The van der Waals surface area contributed by atoms with Gasteiger partial charge in [-0.15, -0.1) is 0 Å². The van der Waals surface area contributed by atoms with Crippen LogP contribution in [0, 0.1) is 5.92 Å². The van der Waals surface area contributed by atoms with E-state index in [1.54, 1.807) is 30.3 Å². The Balaban J connectivity index is 2.12. The van der Waals surface area contributed by atoms with Crippen molar-refractivity contribution < 1.29 is 32.5 Å². The number of fused-ring (bicyclic) bond motifs is 1. The number of halogens is 2. The van der Waals surface area contributed by atoms with E-state index < -0.39 is 6.61 Å². The van der Waals surface area contributed by atoms with Gasteiger partial charge in [0.25, 0.3) is 0 Å². The maximum Gasteiger partial charge on any atom is 0.387 e. The molecule has 0 radical (unpaired) electrons. The fraction of sp³-hybridized carbons (Fsp3) is 0.350. The van der Waals surface area contributed by atoms with E-state index in [1.165, 1.54) is 7.11 Å². The summed E-state index contributed by atoms with van der Waals surface area (Å²) in [7, 11) is 1.37. The smallest absolute Gasteiger partial charge is 0.387 e. The molecule has 0 saturated carbocycles. The highest BCUT2D eigenvalue weighted by atomic mass is 19.3. The maximum atomic E-state index is 13.0. The van der Waals surface area contributed by atoms with Crippen molar-refractivity contribution in [2.24, 2.45) is 5.92 Å². The summed E-state index contributed by atoms with van der Waals surface area (Å²) in [5.41, 5.74) is 2.50. The molecule has 0 unspecified atom stereocenters. The third kappa shape index (κ3) is 3.97. The Labute approximate surface area is 155 Å². The summed E-state index contributed by atoms with van der Waals surface area (Å²) < 4.78 is 46.7. The van der Waals surface area contributed by atoms with E-state index in [0.29, 0.717) is 23.3 Å². The molecule has 0 aliphatic carbocycles. The van der Waals surface area contributed by atoms with Gasteiger partial charge in [0.1, 0.15) is 6.61 Å². The van der Waals surface area contributed by atoms with E-state index in [-0.39, 0.29) is 35.7 Å². The van der Waals surface area contributed by atoms with Crippen LogP contribution in [-0.2, 0) is 11.3 Å². The zero-order valence-electron chi connectivity index (χ0n) is 15.3. The third-order valence-electron chi connectivity index (χ3n) is 4.06. The zero-order valence-corrected chi connectivity index (χ0v) is 15.3. The second kappa shape index (κ2) is 7.82. The van der Waals surface area contributed by atoms with Crippen LogP contribution in [0.1, 0.15) is 29.8 Å². The van der Waals surface area contributed by atoms with Gasteiger partial charge in [0.15, 0.2) is 11.5 Å². The minimum Gasteiger partial charge on any atom is -0.493 e. The van der Waals surface area contributed by atoms with Crippen molar-refractivity contribution in [2.45, 2.75) is 27.1 Å². The molecule has 0 fully saturated rings. The highest BCUT2D eigenvalue weighted by Crippen LogP contribution is 2.46. The van der Waals surface area contributed by atoms with Crippen molar-refractivity contribution in [3.05, 3.63) is 41.5 Å². The molecule has 0 N–H and O–H groups in total. The lowest BCUT2D eigenvalue weighted by molar-refractivity contribution is -0.0529. The molecular weight excluding hydrogens is 358 g/mol. The van der Waals surface area contributed by atoms with Crippen LogP contribution in [0.5, 0.6) is 17.2 Å². The minimum atomic E-state index is -3.03. The van der Waals surface area contributed by atoms with Crippen molar-refractivity contribution in [1.29, 1.82) is 0 Å². The van der Waals surface area contributed by atoms with Gasteiger partial charge < -0.3 is 18.9 Å². The van der Waals surface area contributed by atoms with Crippen LogP contribution in [0.4, 0.5) is 8.78 Å². The monoisotopic (exact) mass is 378 g/mol. The number of cyclic esters (lactones) is 1. The molecule has 144 valence electrons. The largest absolute Gasteiger partial charge is 0.493 e. The normalized spacial score (nSPS) is 12.9. The number of benzene rings is 2. The highest BCUT2D eigenvalue weighted by molar-refractivity contribution is 5.94. The molecule has 0 spiro atoms. The Morgan fingerprint density at radius 2 is 1.85 bits per heavy atom. The highest BCUT2D eigenvalue weighted by Gasteiger charge is 2.25. The second-order valence-electron chi connectivity index (χ2n) is 6.51. The Morgan fingerprint density at radius 1 is 1.11 bits per heavy atom. The molecule has 0 bridgehead atoms. The molecule has 2 aromatic carbocycles. The van der Waals surface area contributed by atoms with Gasteiger partial charge in [-0.2, -0.15) is 8.78 Å². The molecule has 2 aromatic rings. The molecular formula is C20H20F2O5. The first kappa shape index (κ1) is 18.9. The van der Waals surface area contributed by atoms with Gasteiger partial charge in [0.05, 0.1) is 19.3 Å². The summed E-state index contributed by atoms with van der Waals surface area (Å²) >= 11 is 0. The summed E-state index contributed by atoms with van der Waals surface area (Å²) in [6.45, 7) is 1.37. The van der Waals surface area contributed by atoms with Crippen LogP contribution in [0.2, 0.25) is 0 Å². The van der Waals surface area contributed by atoms with Crippen LogP contribution in [0.3, 0.4) is 0 Å². The summed E-state index contributed by atoms with van der Waals surface area (Å²) in [5, 5.41) is 0. The van der Waals surface area contributed by atoms with E-state index >= 15 is 0 Å². The number of esters is 1. The van der Waals surface area contributed by atoms with Gasteiger partial charge in [-0.3, -0.25) is 0 Å². The Bertz CT molecular complexity index is 849. The van der Waals surface area contributed by atoms with Gasteiger partial charge in [0.2, 0.25) is 5.75 Å². The number of methoxy groups -OCH3 is 1. The first-order valence-electron chi connectivity index (χ1n) is 8.49. The lowest BCUT2D eigenvalue weighted by Crippen LogP contribution is -2.10. The third-order valence-corrected chi connectivity index (χ3v) is 4.06. The zero-order chi connectivity index (χ0) is 19.6. The number of hydrogen-bond acceptors (Lipinski definition) is 5. The van der Waals surface area contributed by atoms with Crippen molar-refractivity contribution in [3.8, 4) is 28.4 Å². The van der Waals surface area contributed by atoms with Gasteiger partial charge in [-0.05, 0) is 35.7 Å². The number of hydrogen-bond donors (Lipinski definition) is 0. The van der Waals surface area contributed by atoms with Crippen LogP contribution in [0.25, 0.3) is 11.1 Å². The molecule has 27 heavy (non-hydrogen) atoms. The SMILES string of the molecule is COc1ccc(-c2ccc3c(c2)COC3=O)c(OCC(C)C)c1OC(F)F. The molecule has 7 heteroatoms. The molecule has 1 aliphatic heterocycles. The summed E-state index contributed by atoms with van der Waals surface area (Å²) in [5.74, 6) is -0.0247. The van der Waals surface area contributed by atoms with Crippen LogP contribution in [-0.4, -0.2) is 26.3 Å². The topological polar surface area (TPSA) is 54.0 Å². The van der Waals surface area contributed by atoms with Crippen molar-refractivity contribution in [2.75, 3.05) is 13.7 Å². The fourth-order valence-corrected chi connectivity index (χ4v) is 2.83. The van der Waals surface area contributed by atoms with Gasteiger partial charge in [-0.1, -0.05) is 19.9 Å². The van der Waals surface area contributed by atoms with E-state index in [9.17, 15) is 13.6 Å². The average molecular weight is 378 g/mol. The van der Waals surface area contributed by atoms with Gasteiger partial charge in [0, 0.05) is 11.1 Å². The maximum absolute atomic E-state index is 13.0. The molecule has 1 aliphatic rings. The van der Waals surface area contributed by atoms with Crippen LogP contribution in [0.15, 0.2) is 30.3 Å². The summed E-state index contributed by atoms with van der Waals surface area (Å²) in [4.78, 5) is 11.6. The molecule has 0 aromatic heterocycles. The van der Waals surface area contributed by atoms with Crippen LogP contribution >= 0.6 is 0 Å². The predicted molar refractivity (Wildman–Crippen MR) is 94.5 cm³/mol. The van der Waals surface area contributed by atoms with Crippen molar-refractivity contribution in [3.63, 3.8) is 0 Å². The molecule has 5 nitrogen and oxygen atoms in total. The first-order chi connectivity index (χ1) is 12.9. The standard InChI is InChI=1S/C20H20F2O5/c1-11(2)9-25-17-14(6-7-16(24-3)18(17)27-20(21)22)12-4-5-15-13(8-12)10-26-19(15)23/h4-8,11,20H,9-10H2,1-3H3. The van der Waals surface area contributed by atoms with E-state index in [1.807, 2.05) is 13.8 Å². The average Bonchev–Trinajstić information content (AvgIpc) is 3.00. The van der Waals surface area contributed by atoms with E-state index in [0.717, 1.165) is 5.56 Å². The number of rotatable bonds is 7. The van der Waals surface area contributed by atoms with Gasteiger partial charge in [-0.25, -0.2) is 4.79 Å². The second-order valence-corrected chi connectivity index (χ2v) is 6.51. The molecule has 0 atom stereocenters. The first-order valence-corrected chi connectivity index (χ1v) is 8.49. The molecule has 0 saturated heterocycles. The lowest BCUT2D eigenvalue weighted by atomic mass is 9.99. The lowest BCUT2D eigenvalue weighted by Gasteiger charge is -2.20. The molecule has 3 rings (SSSR count). The van der Waals surface area contributed by atoms with E-state index in [2.05, 4.69) is 0 Å². The minimum absolute atomic E-state index is 0.150. The summed E-state index contributed by atoms with van der Waals surface area (Å²) in [6, 6.07) is 8.43. The van der Waals surface area contributed by atoms with Crippen LogP contribution < -0.4 is 14.2 Å². The number of carbonyl (C=O) groups is 1. The Hall–Kier alpha value is -2.83. The molecule has 1 heterocycles. The molecule has 0 amide bonds.